The van der Waals surface area contributed by atoms with Gasteiger partial charge in [-0.25, -0.2) is 9.37 Å². The Balaban J connectivity index is 1.57. The maximum atomic E-state index is 14.7. The number of amides is 1. The van der Waals surface area contributed by atoms with Crippen molar-refractivity contribution in [1.82, 2.24) is 19.6 Å². The number of piperidine rings is 1. The summed E-state index contributed by atoms with van der Waals surface area (Å²) < 4.78 is 61.9. The Kier molecular flexibility index (Phi) is 10.1. The maximum Gasteiger partial charge on any atom is 0.447 e. The number of rotatable bonds is 9. The summed E-state index contributed by atoms with van der Waals surface area (Å²) in [6.07, 6.45) is 1.45. The number of aromatic nitrogens is 2. The van der Waals surface area contributed by atoms with Crippen molar-refractivity contribution < 1.29 is 32.2 Å². The number of benzene rings is 1. The number of carbonyl (C=O) groups excluding carboxylic acids is 1. The van der Waals surface area contributed by atoms with Gasteiger partial charge < -0.3 is 35.1 Å². The number of thioether (sulfide) groups is 1. The summed E-state index contributed by atoms with van der Waals surface area (Å²) in [5, 5.41) is 18.0. The van der Waals surface area contributed by atoms with Crippen LogP contribution in [0.5, 0.6) is 5.75 Å². The van der Waals surface area contributed by atoms with Gasteiger partial charge in [0.05, 0.1) is 42.6 Å². The molecule has 3 aromatic rings. The molecule has 1 aliphatic heterocycles. The Morgan fingerprint density at radius 2 is 2.12 bits per heavy atom. The number of alkyl halides is 4. The molecule has 4 N–H and O–H groups in total. The first-order chi connectivity index (χ1) is 19.9. The summed E-state index contributed by atoms with van der Waals surface area (Å²) in [7, 11) is 3.29. The lowest BCUT2D eigenvalue weighted by Gasteiger charge is -2.33. The van der Waals surface area contributed by atoms with Crippen LogP contribution in [0.1, 0.15) is 29.3 Å². The van der Waals surface area contributed by atoms with Crippen LogP contribution in [0.3, 0.4) is 0 Å². The number of methoxy groups -OCH3 is 1. The van der Waals surface area contributed by atoms with Crippen LogP contribution in [0, 0.1) is 11.8 Å². The number of halogens is 4. The molecule has 3 heterocycles. The van der Waals surface area contributed by atoms with E-state index in [1.54, 1.807) is 25.1 Å². The van der Waals surface area contributed by atoms with Crippen LogP contribution >= 0.6 is 11.8 Å². The van der Waals surface area contributed by atoms with E-state index in [4.69, 9.17) is 4.74 Å². The fourth-order valence-corrected chi connectivity index (χ4v) is 5.19. The summed E-state index contributed by atoms with van der Waals surface area (Å²) in [4.78, 5) is 18.6. The molecule has 9 nitrogen and oxygen atoms in total. The molecular formula is C28H32F4N6O3S. The highest BCUT2D eigenvalue weighted by molar-refractivity contribution is 8.00. The lowest BCUT2D eigenvalue weighted by molar-refractivity contribution is -0.0329. The van der Waals surface area contributed by atoms with Gasteiger partial charge in [0.2, 0.25) is 0 Å². The average Bonchev–Trinajstić information content (AvgIpc) is 3.27. The number of anilines is 2. The van der Waals surface area contributed by atoms with Gasteiger partial charge in [0, 0.05) is 49.4 Å². The predicted octanol–water partition coefficient (Wildman–Crippen LogP) is 3.98. The molecule has 1 fully saturated rings. The van der Waals surface area contributed by atoms with Gasteiger partial charge in [-0.05, 0) is 44.7 Å². The third-order valence-electron chi connectivity index (χ3n) is 6.54. The SMILES string of the molecule is COc1ccc(C(=O)NC[C@H](C)O)cc1NCC#Cc1cc2c(N[C@@H]3CCN(C)C[C@@H]3F)nccn2c1SC(F)(F)F. The number of aliphatic hydroxyl groups excluding tert-OH is 1. The summed E-state index contributed by atoms with van der Waals surface area (Å²) in [5.74, 6) is 5.98. The second-order valence-electron chi connectivity index (χ2n) is 9.89. The van der Waals surface area contributed by atoms with E-state index in [-0.39, 0.29) is 53.7 Å². The zero-order chi connectivity index (χ0) is 30.4. The van der Waals surface area contributed by atoms with Crippen LogP contribution in [-0.4, -0.2) is 89.5 Å². The molecule has 0 aliphatic carbocycles. The Labute approximate surface area is 245 Å². The van der Waals surface area contributed by atoms with Gasteiger partial charge in [-0.3, -0.25) is 4.79 Å². The van der Waals surface area contributed by atoms with Crippen molar-refractivity contribution in [1.29, 1.82) is 0 Å². The van der Waals surface area contributed by atoms with Crippen LogP contribution in [0.25, 0.3) is 5.52 Å². The standard InChI is InChI=1S/C28H32F4N6O3S/c1-17(39)15-35-26(40)18-6-7-24(41-3)22(13-18)33-9-4-5-19-14-23-25(36-21-8-11-37(2)16-20(21)29)34-10-12-38(23)27(19)42-28(30,31)32/h6-7,10,12-14,17,20-21,33,39H,8-9,11,15-16H2,1-3H3,(H,34,36)(H,35,40)/t17-,20-,21+/m0/s1. The normalized spacial score (nSPS) is 18.2. The largest absolute Gasteiger partial charge is 0.495 e. The van der Waals surface area contributed by atoms with Crippen molar-refractivity contribution in [3.05, 3.63) is 47.8 Å². The van der Waals surface area contributed by atoms with Crippen molar-refractivity contribution in [2.45, 2.75) is 42.2 Å². The van der Waals surface area contributed by atoms with E-state index in [9.17, 15) is 27.5 Å². The number of nitrogens with zero attached hydrogens (tertiary/aromatic N) is 3. The van der Waals surface area contributed by atoms with Crippen molar-refractivity contribution in [2.75, 3.05) is 51.0 Å². The molecule has 2 aromatic heterocycles. The minimum atomic E-state index is -4.57. The summed E-state index contributed by atoms with van der Waals surface area (Å²) >= 11 is -0.287. The van der Waals surface area contributed by atoms with E-state index in [0.717, 1.165) is 0 Å². The number of carbonyl (C=O) groups is 1. The lowest BCUT2D eigenvalue weighted by atomic mass is 10.0. The van der Waals surface area contributed by atoms with E-state index in [2.05, 4.69) is 32.8 Å². The van der Waals surface area contributed by atoms with Gasteiger partial charge in [0.15, 0.2) is 5.82 Å². The molecule has 1 saturated heterocycles. The first-order valence-corrected chi connectivity index (χ1v) is 14.0. The fraction of sp³-hybridized carbons (Fsp3) is 0.429. The van der Waals surface area contributed by atoms with Gasteiger partial charge in [-0.2, -0.15) is 13.2 Å². The lowest BCUT2D eigenvalue weighted by Crippen LogP contribution is -2.46. The molecule has 42 heavy (non-hydrogen) atoms. The second kappa shape index (κ2) is 13.5. The van der Waals surface area contributed by atoms with Crippen molar-refractivity contribution in [3.63, 3.8) is 0 Å². The molecule has 0 unspecified atom stereocenters. The highest BCUT2D eigenvalue weighted by atomic mass is 32.2. The topological polar surface area (TPSA) is 103 Å². The van der Waals surface area contributed by atoms with Crippen molar-refractivity contribution in [2.24, 2.45) is 0 Å². The summed E-state index contributed by atoms with van der Waals surface area (Å²) in [5.41, 5.74) is -3.31. The van der Waals surface area contributed by atoms with Crippen LogP contribution in [0.4, 0.5) is 29.1 Å². The first kappa shape index (κ1) is 31.3. The van der Waals surface area contributed by atoms with Crippen molar-refractivity contribution >= 4 is 34.7 Å². The minimum absolute atomic E-state index is 0.0277. The molecule has 0 saturated carbocycles. The molecule has 1 amide bonds. The summed E-state index contributed by atoms with van der Waals surface area (Å²) in [6.45, 7) is 2.60. The number of ether oxygens (including phenoxy) is 1. The van der Waals surface area contributed by atoms with Gasteiger partial charge in [-0.15, -0.1) is 0 Å². The zero-order valence-corrected chi connectivity index (χ0v) is 24.1. The zero-order valence-electron chi connectivity index (χ0n) is 23.3. The number of nitrogens with one attached hydrogen (secondary N) is 3. The molecule has 226 valence electrons. The highest BCUT2D eigenvalue weighted by Gasteiger charge is 2.33. The molecule has 0 bridgehead atoms. The minimum Gasteiger partial charge on any atom is -0.495 e. The molecule has 3 atom stereocenters. The van der Waals surface area contributed by atoms with Gasteiger partial charge in [-0.1, -0.05) is 11.8 Å². The van der Waals surface area contributed by atoms with Crippen molar-refractivity contribution in [3.8, 4) is 17.6 Å². The van der Waals surface area contributed by atoms with Crippen LogP contribution in [-0.2, 0) is 0 Å². The molecule has 0 radical (unpaired) electrons. The van der Waals surface area contributed by atoms with Gasteiger partial charge in [0.25, 0.3) is 5.91 Å². The van der Waals surface area contributed by atoms with Crippen LogP contribution < -0.4 is 20.7 Å². The first-order valence-electron chi connectivity index (χ1n) is 13.2. The van der Waals surface area contributed by atoms with E-state index < -0.39 is 23.8 Å². The third kappa shape index (κ3) is 7.99. The second-order valence-corrected chi connectivity index (χ2v) is 10.9. The van der Waals surface area contributed by atoms with E-state index in [1.165, 1.54) is 30.0 Å². The van der Waals surface area contributed by atoms with Crippen LogP contribution in [0.15, 0.2) is 41.7 Å². The van der Waals surface area contributed by atoms with E-state index in [0.29, 0.717) is 35.5 Å². The Hall–Kier alpha value is -3.67. The molecular weight excluding hydrogens is 576 g/mol. The molecule has 1 aliphatic rings. The monoisotopic (exact) mass is 608 g/mol. The molecule has 4 rings (SSSR count). The van der Waals surface area contributed by atoms with E-state index in [1.807, 2.05) is 11.9 Å². The number of hydrogen-bond acceptors (Lipinski definition) is 8. The maximum absolute atomic E-state index is 14.7. The number of aliphatic hydroxyl groups is 1. The van der Waals surface area contributed by atoms with Gasteiger partial charge in [0.1, 0.15) is 16.9 Å². The number of hydrogen-bond donors (Lipinski definition) is 4. The van der Waals surface area contributed by atoms with Gasteiger partial charge >= 0.3 is 5.51 Å². The summed E-state index contributed by atoms with van der Waals surface area (Å²) in [6, 6.07) is 5.70. The Morgan fingerprint density at radius 3 is 2.81 bits per heavy atom. The highest BCUT2D eigenvalue weighted by Crippen LogP contribution is 2.40. The Bertz CT molecular complexity index is 1470. The molecule has 0 spiro atoms. The number of fused-ring (bicyclic) bond motifs is 1. The Morgan fingerprint density at radius 1 is 1.33 bits per heavy atom. The van der Waals surface area contributed by atoms with Crippen LogP contribution in [0.2, 0.25) is 0 Å². The molecule has 1 aromatic carbocycles. The third-order valence-corrected chi connectivity index (χ3v) is 7.38. The smallest absolute Gasteiger partial charge is 0.447 e. The predicted molar refractivity (Wildman–Crippen MR) is 154 cm³/mol. The van der Waals surface area contributed by atoms with E-state index >= 15 is 0 Å². The quantitative estimate of drug-likeness (QED) is 0.164. The molecule has 14 heteroatoms. The average molecular weight is 609 g/mol. The fourth-order valence-electron chi connectivity index (χ4n) is 4.50. The number of likely N-dealkylation sites (tertiary alicyclic amines) is 1.